The van der Waals surface area contributed by atoms with Gasteiger partial charge in [0.2, 0.25) is 5.91 Å². The van der Waals surface area contributed by atoms with Gasteiger partial charge in [-0.05, 0) is 37.5 Å². The molecule has 8 heteroatoms. The number of aliphatic carboxylic acids is 1. The number of carbonyl (C=O) groups excluding carboxylic acids is 2. The smallest absolute Gasteiger partial charge is 0.246 e. The summed E-state index contributed by atoms with van der Waals surface area (Å²) in [6.45, 7) is 1.86. The van der Waals surface area contributed by atoms with E-state index in [9.17, 15) is 14.7 Å². The van der Waals surface area contributed by atoms with Crippen molar-refractivity contribution in [3.8, 4) is 0 Å². The van der Waals surface area contributed by atoms with Crippen LogP contribution in [0.15, 0.2) is 39.2 Å². The second-order valence-corrected chi connectivity index (χ2v) is 6.89. The van der Waals surface area contributed by atoms with E-state index < -0.39 is 5.97 Å². The Hall–Kier alpha value is -2.06. The predicted octanol–water partition coefficient (Wildman–Crippen LogP) is 1.81. The Morgan fingerprint density at radius 2 is 2.00 bits per heavy atom. The lowest BCUT2D eigenvalue weighted by Crippen LogP contribution is -2.25. The molecule has 1 aromatic carbocycles. The van der Waals surface area contributed by atoms with Gasteiger partial charge in [-0.15, -0.1) is 11.3 Å². The van der Waals surface area contributed by atoms with Crippen LogP contribution in [0.2, 0.25) is 0 Å². The summed E-state index contributed by atoms with van der Waals surface area (Å²) in [5.74, 6) is -1.46. The SMILES string of the molecule is Cc1csc(CC(=O)N/N=C(/CCC(=O)[O-])c2ccc(Br)cc2)n1. The van der Waals surface area contributed by atoms with Gasteiger partial charge in [-0.2, -0.15) is 5.10 Å². The fourth-order valence-corrected chi connectivity index (χ4v) is 2.95. The van der Waals surface area contributed by atoms with Crippen molar-refractivity contribution in [2.75, 3.05) is 0 Å². The maximum absolute atomic E-state index is 12.0. The van der Waals surface area contributed by atoms with E-state index in [0.717, 1.165) is 15.7 Å². The Labute approximate surface area is 151 Å². The summed E-state index contributed by atoms with van der Waals surface area (Å²) in [7, 11) is 0. The van der Waals surface area contributed by atoms with Gasteiger partial charge in [0, 0.05) is 21.5 Å². The number of benzene rings is 1. The van der Waals surface area contributed by atoms with Gasteiger partial charge in [-0.1, -0.05) is 28.1 Å². The molecule has 24 heavy (non-hydrogen) atoms. The lowest BCUT2D eigenvalue weighted by molar-refractivity contribution is -0.305. The van der Waals surface area contributed by atoms with E-state index in [-0.39, 0.29) is 25.2 Å². The summed E-state index contributed by atoms with van der Waals surface area (Å²) in [6.07, 6.45) is 0.132. The van der Waals surface area contributed by atoms with Gasteiger partial charge in [0.1, 0.15) is 5.01 Å². The van der Waals surface area contributed by atoms with Gasteiger partial charge < -0.3 is 9.90 Å². The zero-order valence-electron chi connectivity index (χ0n) is 12.9. The van der Waals surface area contributed by atoms with Gasteiger partial charge in [0.05, 0.1) is 12.1 Å². The molecule has 0 aliphatic carbocycles. The van der Waals surface area contributed by atoms with Gasteiger partial charge in [0.25, 0.3) is 0 Å². The van der Waals surface area contributed by atoms with Crippen molar-refractivity contribution in [1.29, 1.82) is 0 Å². The topological polar surface area (TPSA) is 94.5 Å². The van der Waals surface area contributed by atoms with Crippen LogP contribution in [0.4, 0.5) is 0 Å². The highest BCUT2D eigenvalue weighted by molar-refractivity contribution is 9.10. The first-order valence-corrected chi connectivity index (χ1v) is 8.83. The maximum atomic E-state index is 12.0. The van der Waals surface area contributed by atoms with Crippen LogP contribution >= 0.6 is 27.3 Å². The number of amides is 1. The summed E-state index contributed by atoms with van der Waals surface area (Å²) in [5, 5.41) is 17.4. The molecule has 2 aromatic rings. The minimum atomic E-state index is -1.16. The second kappa shape index (κ2) is 8.70. The third kappa shape index (κ3) is 5.86. The molecule has 0 unspecified atom stereocenters. The molecule has 0 saturated carbocycles. The summed E-state index contributed by atoms with van der Waals surface area (Å²) < 4.78 is 0.897. The Kier molecular flexibility index (Phi) is 6.62. The average Bonchev–Trinajstić information content (AvgIpc) is 2.93. The lowest BCUT2D eigenvalue weighted by atomic mass is 10.1. The first-order chi connectivity index (χ1) is 11.4. The Balaban J connectivity index is 2.07. The molecule has 126 valence electrons. The molecule has 6 nitrogen and oxygen atoms in total. The third-order valence-corrected chi connectivity index (χ3v) is 4.53. The van der Waals surface area contributed by atoms with Gasteiger partial charge >= 0.3 is 0 Å². The number of thiazole rings is 1. The summed E-state index contributed by atoms with van der Waals surface area (Å²) in [5.41, 5.74) is 4.56. The van der Waals surface area contributed by atoms with E-state index in [1.54, 1.807) is 12.1 Å². The van der Waals surface area contributed by atoms with Crippen LogP contribution in [-0.4, -0.2) is 22.6 Å². The molecule has 0 aliphatic heterocycles. The maximum Gasteiger partial charge on any atom is 0.246 e. The molecule has 0 radical (unpaired) electrons. The number of carboxylic acids is 1. The molecule has 1 N–H and O–H groups in total. The van der Waals surface area contributed by atoms with Crippen molar-refractivity contribution in [3.63, 3.8) is 0 Å². The summed E-state index contributed by atoms with van der Waals surface area (Å²) in [4.78, 5) is 26.9. The van der Waals surface area contributed by atoms with E-state index >= 15 is 0 Å². The molecule has 1 amide bonds. The molecule has 0 aliphatic rings. The number of nitrogens with one attached hydrogen (secondary N) is 1. The monoisotopic (exact) mass is 408 g/mol. The minimum Gasteiger partial charge on any atom is -0.550 e. The minimum absolute atomic E-state index is 0.135. The van der Waals surface area contributed by atoms with Crippen LogP contribution in [0.5, 0.6) is 0 Å². The number of hydrogen-bond acceptors (Lipinski definition) is 6. The largest absolute Gasteiger partial charge is 0.550 e. The quantitative estimate of drug-likeness (QED) is 0.558. The predicted molar refractivity (Wildman–Crippen MR) is 93.6 cm³/mol. The number of halogens is 1. The first kappa shape index (κ1) is 18.3. The molecular weight excluding hydrogens is 394 g/mol. The summed E-state index contributed by atoms with van der Waals surface area (Å²) >= 11 is 4.75. The number of hydrogen-bond donors (Lipinski definition) is 1. The van der Waals surface area contributed by atoms with Crippen molar-refractivity contribution >= 4 is 44.9 Å². The third-order valence-electron chi connectivity index (χ3n) is 3.04. The van der Waals surface area contributed by atoms with Crippen LogP contribution in [0.1, 0.15) is 29.1 Å². The van der Waals surface area contributed by atoms with Crippen LogP contribution in [-0.2, 0) is 16.0 Å². The van der Waals surface area contributed by atoms with E-state index in [2.05, 4.69) is 31.4 Å². The van der Waals surface area contributed by atoms with Crippen molar-refractivity contribution in [2.24, 2.45) is 5.10 Å². The van der Waals surface area contributed by atoms with Gasteiger partial charge in [-0.3, -0.25) is 4.79 Å². The molecule has 1 aromatic heterocycles. The standard InChI is InChI=1S/C16H16BrN3O3S/c1-10-9-24-15(18-10)8-14(21)20-19-13(6-7-16(22)23)11-2-4-12(17)5-3-11/h2-5,9H,6-8H2,1H3,(H,20,21)(H,22,23)/p-1/b19-13-. The van der Waals surface area contributed by atoms with Gasteiger partial charge in [-0.25, -0.2) is 10.4 Å². The van der Waals surface area contributed by atoms with Crippen LogP contribution in [0, 0.1) is 6.92 Å². The average molecular weight is 409 g/mol. The van der Waals surface area contributed by atoms with Crippen molar-refractivity contribution in [1.82, 2.24) is 10.4 Å². The Bertz CT molecular complexity index is 756. The highest BCUT2D eigenvalue weighted by Crippen LogP contribution is 2.13. The van der Waals surface area contributed by atoms with Crippen LogP contribution in [0.25, 0.3) is 0 Å². The fourth-order valence-electron chi connectivity index (χ4n) is 1.92. The molecule has 0 spiro atoms. The molecule has 0 fully saturated rings. The number of hydrazone groups is 1. The molecule has 0 bridgehead atoms. The number of nitrogens with zero attached hydrogens (tertiary/aromatic N) is 2. The normalized spacial score (nSPS) is 11.3. The number of rotatable bonds is 7. The Morgan fingerprint density at radius 1 is 1.29 bits per heavy atom. The van der Waals surface area contributed by atoms with Crippen molar-refractivity contribution in [3.05, 3.63) is 50.4 Å². The summed E-state index contributed by atoms with van der Waals surface area (Å²) in [6, 6.07) is 7.25. The highest BCUT2D eigenvalue weighted by Gasteiger charge is 2.08. The molecule has 2 rings (SSSR count). The van der Waals surface area contributed by atoms with Crippen LogP contribution in [0.3, 0.4) is 0 Å². The van der Waals surface area contributed by atoms with Crippen LogP contribution < -0.4 is 10.5 Å². The van der Waals surface area contributed by atoms with Gasteiger partial charge in [0.15, 0.2) is 0 Å². The molecule has 0 saturated heterocycles. The number of aromatic nitrogens is 1. The fraction of sp³-hybridized carbons (Fsp3) is 0.250. The second-order valence-electron chi connectivity index (χ2n) is 5.03. The number of aryl methyl sites for hydroxylation is 1. The van der Waals surface area contributed by atoms with E-state index in [0.29, 0.717) is 10.7 Å². The number of carboxylic acid groups (broad SMARTS) is 1. The van der Waals surface area contributed by atoms with E-state index in [4.69, 9.17) is 0 Å². The van der Waals surface area contributed by atoms with Crippen molar-refractivity contribution in [2.45, 2.75) is 26.2 Å². The highest BCUT2D eigenvalue weighted by atomic mass is 79.9. The Morgan fingerprint density at radius 3 is 2.58 bits per heavy atom. The molecular formula is C16H15BrN3O3S-. The zero-order valence-corrected chi connectivity index (χ0v) is 15.3. The zero-order chi connectivity index (χ0) is 17.5. The van der Waals surface area contributed by atoms with E-state index in [1.165, 1.54) is 11.3 Å². The first-order valence-electron chi connectivity index (χ1n) is 7.16. The molecule has 1 heterocycles. The number of carbonyl (C=O) groups is 2. The lowest BCUT2D eigenvalue weighted by Gasteiger charge is -2.08. The molecule has 0 atom stereocenters. The van der Waals surface area contributed by atoms with Crippen molar-refractivity contribution < 1.29 is 14.7 Å². The van der Waals surface area contributed by atoms with E-state index in [1.807, 2.05) is 24.4 Å².